The zero-order valence-electron chi connectivity index (χ0n) is 16.7. The van der Waals surface area contributed by atoms with Crippen LogP contribution in [-0.4, -0.2) is 24.0 Å². The molecule has 152 valence electrons. The van der Waals surface area contributed by atoms with E-state index in [2.05, 4.69) is 10.3 Å². The van der Waals surface area contributed by atoms with E-state index in [1.807, 2.05) is 37.3 Å². The Morgan fingerprint density at radius 3 is 2.69 bits per heavy atom. The molecule has 2 N–H and O–H groups in total. The van der Waals surface area contributed by atoms with Crippen LogP contribution < -0.4 is 5.32 Å². The smallest absolute Gasteiger partial charge is 0.339 e. The van der Waals surface area contributed by atoms with E-state index in [-0.39, 0.29) is 5.91 Å². The van der Waals surface area contributed by atoms with E-state index in [0.717, 1.165) is 11.3 Å². The van der Waals surface area contributed by atoms with Crippen molar-refractivity contribution >= 4 is 17.6 Å². The zero-order chi connectivity index (χ0) is 20.8. The predicted octanol–water partition coefficient (Wildman–Crippen LogP) is 4.23. The van der Waals surface area contributed by atoms with Crippen molar-refractivity contribution in [2.24, 2.45) is 0 Å². The fourth-order valence-electron chi connectivity index (χ4n) is 3.13. The summed E-state index contributed by atoms with van der Waals surface area (Å²) in [6.45, 7) is 4.40. The molecule has 0 aliphatic carbocycles. The number of carbonyl (C=O) groups is 2. The number of rotatable bonds is 8. The van der Waals surface area contributed by atoms with Gasteiger partial charge in [-0.1, -0.05) is 19.1 Å². The summed E-state index contributed by atoms with van der Waals surface area (Å²) in [6, 6.07) is 11.1. The Hall–Kier alpha value is -3.32. The maximum atomic E-state index is 12.8. The first kappa shape index (κ1) is 20.4. The highest BCUT2D eigenvalue weighted by Gasteiger charge is 2.23. The third kappa shape index (κ3) is 4.75. The molecule has 0 atom stereocenters. The number of aromatic amines is 1. The molecular formula is C22H24N2O5. The maximum Gasteiger partial charge on any atom is 0.339 e. The molecule has 0 aliphatic rings. The van der Waals surface area contributed by atoms with Crippen molar-refractivity contribution in [3.05, 3.63) is 76.5 Å². The number of hydrogen-bond acceptors (Lipinski definition) is 5. The number of aromatic nitrogens is 1. The van der Waals surface area contributed by atoms with Crippen LogP contribution in [0.2, 0.25) is 0 Å². The van der Waals surface area contributed by atoms with Crippen molar-refractivity contribution in [2.75, 3.05) is 12.4 Å². The first-order valence-electron chi connectivity index (χ1n) is 9.33. The van der Waals surface area contributed by atoms with E-state index in [1.54, 1.807) is 19.3 Å². The molecular weight excluding hydrogens is 372 g/mol. The van der Waals surface area contributed by atoms with Crippen LogP contribution in [-0.2, 0) is 29.1 Å². The number of anilines is 1. The lowest BCUT2D eigenvalue weighted by molar-refractivity contribution is 0.0599. The van der Waals surface area contributed by atoms with Crippen molar-refractivity contribution in [3.8, 4) is 0 Å². The average Bonchev–Trinajstić information content (AvgIpc) is 3.35. The van der Waals surface area contributed by atoms with Gasteiger partial charge >= 0.3 is 5.97 Å². The molecule has 2 heterocycles. The first-order chi connectivity index (χ1) is 14.0. The number of hydrogen-bond donors (Lipinski definition) is 2. The minimum atomic E-state index is -0.453. The molecule has 0 bridgehead atoms. The summed E-state index contributed by atoms with van der Waals surface area (Å²) in [7, 11) is 1.33. The van der Waals surface area contributed by atoms with Crippen LogP contribution in [0.5, 0.6) is 0 Å². The molecule has 0 fully saturated rings. The summed E-state index contributed by atoms with van der Waals surface area (Å²) >= 11 is 0. The van der Waals surface area contributed by atoms with Gasteiger partial charge in [-0.15, -0.1) is 0 Å². The molecule has 2 aromatic heterocycles. The van der Waals surface area contributed by atoms with E-state index in [0.29, 0.717) is 47.8 Å². The van der Waals surface area contributed by atoms with Crippen molar-refractivity contribution in [3.63, 3.8) is 0 Å². The number of ether oxygens (including phenoxy) is 2. The first-order valence-corrected chi connectivity index (χ1v) is 9.33. The number of benzene rings is 1. The Labute approximate surface area is 169 Å². The number of methoxy groups -OCH3 is 1. The second-order valence-corrected chi connectivity index (χ2v) is 6.55. The minimum absolute atomic E-state index is 0.319. The van der Waals surface area contributed by atoms with E-state index in [1.165, 1.54) is 7.11 Å². The number of carbonyl (C=O) groups excluding carboxylic acids is 2. The fraction of sp³-hybridized carbons (Fsp3) is 0.273. The molecule has 0 saturated heterocycles. The van der Waals surface area contributed by atoms with E-state index < -0.39 is 5.97 Å². The highest BCUT2D eigenvalue weighted by molar-refractivity contribution is 6.06. The maximum absolute atomic E-state index is 12.8. The lowest BCUT2D eigenvalue weighted by Crippen LogP contribution is -2.14. The molecule has 7 nitrogen and oxygen atoms in total. The van der Waals surface area contributed by atoms with Crippen molar-refractivity contribution in [1.29, 1.82) is 0 Å². The summed E-state index contributed by atoms with van der Waals surface area (Å²) in [5.41, 5.74) is 3.58. The van der Waals surface area contributed by atoms with Crippen molar-refractivity contribution in [2.45, 2.75) is 33.5 Å². The van der Waals surface area contributed by atoms with Crippen LogP contribution in [0.1, 0.15) is 50.4 Å². The van der Waals surface area contributed by atoms with Crippen molar-refractivity contribution < 1.29 is 23.5 Å². The molecule has 1 aromatic carbocycles. The van der Waals surface area contributed by atoms with Crippen LogP contribution in [0.3, 0.4) is 0 Å². The molecule has 0 saturated carbocycles. The second kappa shape index (κ2) is 9.25. The molecule has 0 unspecified atom stereocenters. The molecule has 7 heteroatoms. The molecule has 0 spiro atoms. The van der Waals surface area contributed by atoms with Gasteiger partial charge in [0.05, 0.1) is 25.5 Å². The number of furan rings is 1. The van der Waals surface area contributed by atoms with Gasteiger partial charge in [0.1, 0.15) is 18.1 Å². The van der Waals surface area contributed by atoms with Crippen LogP contribution in [0.15, 0.2) is 47.1 Å². The summed E-state index contributed by atoms with van der Waals surface area (Å²) in [5, 5.41) is 2.87. The monoisotopic (exact) mass is 396 g/mol. The van der Waals surface area contributed by atoms with E-state index in [9.17, 15) is 9.59 Å². The number of H-pyrrole nitrogens is 1. The molecule has 1 amide bonds. The van der Waals surface area contributed by atoms with Crippen LogP contribution >= 0.6 is 0 Å². The largest absolute Gasteiger partial charge is 0.467 e. The van der Waals surface area contributed by atoms with Gasteiger partial charge in [0.2, 0.25) is 0 Å². The third-order valence-corrected chi connectivity index (χ3v) is 4.58. The van der Waals surface area contributed by atoms with Gasteiger partial charge in [-0.3, -0.25) is 4.79 Å². The number of esters is 1. The van der Waals surface area contributed by atoms with Crippen LogP contribution in [0.25, 0.3) is 0 Å². The summed E-state index contributed by atoms with van der Waals surface area (Å²) in [5.74, 6) is -0.0174. The molecule has 3 rings (SSSR count). The number of aryl methyl sites for hydroxylation is 1. The zero-order valence-corrected chi connectivity index (χ0v) is 16.7. The van der Waals surface area contributed by atoms with E-state index in [4.69, 9.17) is 13.9 Å². The Bertz CT molecular complexity index is 989. The van der Waals surface area contributed by atoms with Gasteiger partial charge in [-0.2, -0.15) is 0 Å². The average molecular weight is 396 g/mol. The highest BCUT2D eigenvalue weighted by atomic mass is 16.5. The summed E-state index contributed by atoms with van der Waals surface area (Å²) < 4.78 is 15.7. The normalized spacial score (nSPS) is 10.7. The minimum Gasteiger partial charge on any atom is -0.467 e. The summed E-state index contributed by atoms with van der Waals surface area (Å²) in [6.07, 6.45) is 2.19. The van der Waals surface area contributed by atoms with Gasteiger partial charge in [0, 0.05) is 11.4 Å². The van der Waals surface area contributed by atoms with Crippen molar-refractivity contribution in [1.82, 2.24) is 4.98 Å². The number of nitrogens with one attached hydrogen (secondary N) is 2. The molecule has 29 heavy (non-hydrogen) atoms. The fourth-order valence-corrected chi connectivity index (χ4v) is 3.13. The van der Waals surface area contributed by atoms with Gasteiger partial charge in [0.25, 0.3) is 5.91 Å². The lowest BCUT2D eigenvalue weighted by Gasteiger charge is -2.08. The van der Waals surface area contributed by atoms with Crippen LogP contribution in [0.4, 0.5) is 5.69 Å². The molecule has 3 aromatic rings. The predicted molar refractivity (Wildman–Crippen MR) is 108 cm³/mol. The quantitative estimate of drug-likeness (QED) is 0.556. The lowest BCUT2D eigenvalue weighted by atomic mass is 10.1. The van der Waals surface area contributed by atoms with Gasteiger partial charge in [-0.25, -0.2) is 4.79 Å². The Balaban J connectivity index is 1.69. The second-order valence-electron chi connectivity index (χ2n) is 6.55. The molecule has 0 radical (unpaired) electrons. The van der Waals surface area contributed by atoms with Gasteiger partial charge in [-0.05, 0) is 48.7 Å². The van der Waals surface area contributed by atoms with E-state index >= 15 is 0 Å². The topological polar surface area (TPSA) is 93.6 Å². The SMILES string of the molecule is CCc1[nH]c(C(=O)Nc2cccc(COCc3ccco3)c2)c(C)c1C(=O)OC. The Morgan fingerprint density at radius 1 is 1.17 bits per heavy atom. The standard InChI is InChI=1S/C22H24N2O5/c1-4-18-19(22(26)27-3)14(2)20(24-18)21(25)23-16-8-5-7-15(11-16)12-28-13-17-9-6-10-29-17/h5-11,24H,4,12-13H2,1-3H3,(H,23,25). The van der Waals surface area contributed by atoms with Gasteiger partial charge in [0.15, 0.2) is 0 Å². The van der Waals surface area contributed by atoms with Gasteiger partial charge < -0.3 is 24.2 Å². The Morgan fingerprint density at radius 2 is 2.00 bits per heavy atom. The highest BCUT2D eigenvalue weighted by Crippen LogP contribution is 2.22. The molecule has 0 aliphatic heterocycles. The van der Waals surface area contributed by atoms with Crippen LogP contribution in [0, 0.1) is 6.92 Å². The number of amides is 1. The third-order valence-electron chi connectivity index (χ3n) is 4.58. The Kier molecular flexibility index (Phi) is 6.51. The summed E-state index contributed by atoms with van der Waals surface area (Å²) in [4.78, 5) is 27.9.